The number of rotatable bonds is 0. The fourth-order valence-electron chi connectivity index (χ4n) is 1.03. The van der Waals surface area contributed by atoms with Gasteiger partial charge in [-0.1, -0.05) is 6.92 Å². The second-order valence-corrected chi connectivity index (χ2v) is 2.90. The van der Waals surface area contributed by atoms with Crippen molar-refractivity contribution < 1.29 is 9.53 Å². The molecule has 3 atom stereocenters. The number of nitrogens with one attached hydrogen (secondary N) is 1. The van der Waals surface area contributed by atoms with Crippen LogP contribution >= 0.6 is 0 Å². The van der Waals surface area contributed by atoms with Gasteiger partial charge in [0.05, 0.1) is 0 Å². The highest BCUT2D eigenvalue weighted by molar-refractivity contribution is 5.68. The summed E-state index contributed by atoms with van der Waals surface area (Å²) >= 11 is 0. The van der Waals surface area contributed by atoms with Gasteiger partial charge in [-0.3, -0.25) is 0 Å². The Morgan fingerprint density at radius 3 is 2.50 bits per heavy atom. The first-order valence-electron chi connectivity index (χ1n) is 3.58. The average molecular weight is 143 g/mol. The van der Waals surface area contributed by atoms with E-state index in [1.54, 1.807) is 0 Å². The van der Waals surface area contributed by atoms with E-state index in [1.807, 2.05) is 13.8 Å². The molecule has 0 aliphatic carbocycles. The zero-order valence-electron chi connectivity index (χ0n) is 6.55. The van der Waals surface area contributed by atoms with Gasteiger partial charge < -0.3 is 10.1 Å². The van der Waals surface area contributed by atoms with Crippen LogP contribution in [0.15, 0.2) is 0 Å². The average Bonchev–Trinajstić information content (AvgIpc) is 1.82. The van der Waals surface area contributed by atoms with Crippen molar-refractivity contribution in [1.29, 1.82) is 0 Å². The van der Waals surface area contributed by atoms with Gasteiger partial charge in [0.25, 0.3) is 0 Å². The molecular weight excluding hydrogens is 130 g/mol. The minimum atomic E-state index is -0.293. The molecule has 0 bridgehead atoms. The number of carbonyl (C=O) groups is 1. The Bertz CT molecular complexity index is 133. The molecule has 1 fully saturated rings. The van der Waals surface area contributed by atoms with Crippen molar-refractivity contribution in [2.24, 2.45) is 5.92 Å². The van der Waals surface area contributed by atoms with Crippen molar-refractivity contribution in [3.05, 3.63) is 0 Å². The van der Waals surface area contributed by atoms with E-state index >= 15 is 0 Å². The highest BCUT2D eigenvalue weighted by Crippen LogP contribution is 2.16. The number of hydrogen-bond acceptors (Lipinski definition) is 2. The Kier molecular flexibility index (Phi) is 1.83. The minimum absolute atomic E-state index is 0.0451. The third kappa shape index (κ3) is 1.23. The van der Waals surface area contributed by atoms with Crippen molar-refractivity contribution >= 4 is 6.09 Å². The molecule has 3 nitrogen and oxygen atoms in total. The van der Waals surface area contributed by atoms with Gasteiger partial charge in [0.15, 0.2) is 0 Å². The lowest BCUT2D eigenvalue weighted by atomic mass is 9.97. The number of alkyl carbamates (subject to hydrolysis) is 1. The fourth-order valence-corrected chi connectivity index (χ4v) is 1.03. The van der Waals surface area contributed by atoms with Crippen molar-refractivity contribution in [3.8, 4) is 0 Å². The van der Waals surface area contributed by atoms with Gasteiger partial charge in [-0.05, 0) is 13.8 Å². The van der Waals surface area contributed by atoms with E-state index in [2.05, 4.69) is 12.2 Å². The van der Waals surface area contributed by atoms with Gasteiger partial charge in [0.1, 0.15) is 6.10 Å². The minimum Gasteiger partial charge on any atom is -0.446 e. The van der Waals surface area contributed by atoms with E-state index in [0.29, 0.717) is 5.92 Å². The second-order valence-electron chi connectivity index (χ2n) is 2.90. The first-order valence-corrected chi connectivity index (χ1v) is 3.58. The maximum atomic E-state index is 10.7. The number of carbonyl (C=O) groups excluding carboxylic acids is 1. The van der Waals surface area contributed by atoms with Gasteiger partial charge >= 0.3 is 6.09 Å². The highest BCUT2D eigenvalue weighted by Gasteiger charge is 2.28. The van der Waals surface area contributed by atoms with Crippen molar-refractivity contribution in [1.82, 2.24) is 5.32 Å². The Labute approximate surface area is 60.7 Å². The molecule has 0 aromatic heterocycles. The van der Waals surface area contributed by atoms with Crippen LogP contribution in [0.5, 0.6) is 0 Å². The molecule has 1 N–H and O–H groups in total. The first-order chi connectivity index (χ1) is 4.61. The van der Waals surface area contributed by atoms with Crippen LogP contribution in [0.2, 0.25) is 0 Å². The zero-order chi connectivity index (χ0) is 7.72. The van der Waals surface area contributed by atoms with Crippen LogP contribution in [0, 0.1) is 5.92 Å². The molecule has 1 heterocycles. The van der Waals surface area contributed by atoms with Gasteiger partial charge in [-0.25, -0.2) is 4.79 Å². The number of cyclic esters (lactones) is 1. The summed E-state index contributed by atoms with van der Waals surface area (Å²) in [6.45, 7) is 5.97. The van der Waals surface area contributed by atoms with E-state index in [-0.39, 0.29) is 18.2 Å². The van der Waals surface area contributed by atoms with Gasteiger partial charge in [0, 0.05) is 12.0 Å². The van der Waals surface area contributed by atoms with Crippen LogP contribution in [0.4, 0.5) is 4.79 Å². The molecule has 1 aliphatic heterocycles. The summed E-state index contributed by atoms with van der Waals surface area (Å²) in [5.74, 6) is 0.401. The summed E-state index contributed by atoms with van der Waals surface area (Å²) in [5, 5.41) is 2.70. The van der Waals surface area contributed by atoms with Crippen LogP contribution in [0.1, 0.15) is 20.8 Å². The summed E-state index contributed by atoms with van der Waals surface area (Å²) in [5.41, 5.74) is 0. The molecule has 3 heteroatoms. The monoisotopic (exact) mass is 143 g/mol. The predicted molar refractivity (Wildman–Crippen MR) is 37.7 cm³/mol. The lowest BCUT2D eigenvalue weighted by Gasteiger charge is -2.31. The molecule has 0 aromatic rings. The van der Waals surface area contributed by atoms with Crippen molar-refractivity contribution in [3.63, 3.8) is 0 Å². The number of ether oxygens (including phenoxy) is 1. The largest absolute Gasteiger partial charge is 0.446 e. The zero-order valence-corrected chi connectivity index (χ0v) is 6.55. The van der Waals surface area contributed by atoms with E-state index in [9.17, 15) is 4.79 Å². The van der Waals surface area contributed by atoms with E-state index in [1.165, 1.54) is 0 Å². The molecule has 1 rings (SSSR count). The van der Waals surface area contributed by atoms with Crippen LogP contribution in [-0.2, 0) is 4.74 Å². The van der Waals surface area contributed by atoms with Gasteiger partial charge in [0.2, 0.25) is 0 Å². The second kappa shape index (κ2) is 2.48. The van der Waals surface area contributed by atoms with E-state index in [0.717, 1.165) is 0 Å². The molecule has 0 saturated carbocycles. The van der Waals surface area contributed by atoms with Crippen molar-refractivity contribution in [2.45, 2.75) is 32.9 Å². The summed E-state index contributed by atoms with van der Waals surface area (Å²) in [6.07, 6.45) is -0.248. The summed E-state index contributed by atoms with van der Waals surface area (Å²) in [7, 11) is 0. The molecule has 1 aliphatic rings. The molecule has 1 amide bonds. The Morgan fingerprint density at radius 2 is 2.00 bits per heavy atom. The maximum Gasteiger partial charge on any atom is 0.407 e. The topological polar surface area (TPSA) is 38.3 Å². The van der Waals surface area contributed by atoms with Crippen LogP contribution < -0.4 is 5.32 Å². The molecule has 1 saturated heterocycles. The Hall–Kier alpha value is -0.730. The van der Waals surface area contributed by atoms with Crippen LogP contribution in [-0.4, -0.2) is 18.2 Å². The smallest absolute Gasteiger partial charge is 0.407 e. The standard InChI is InChI=1S/C7H13NO2/c1-4-5(2)8-7(9)10-6(4)3/h4-6H,1-3H3,(H,8,9)/t4-,5+,6-/m0/s1. The summed E-state index contributed by atoms with van der Waals surface area (Å²) < 4.78 is 4.92. The molecule has 0 unspecified atom stereocenters. The number of amides is 1. The molecular formula is C7H13NO2. The quantitative estimate of drug-likeness (QED) is 0.552. The SMILES string of the molecule is C[C@@H]1[C@H](C)OC(=O)N[C@@H]1C. The molecule has 58 valence electrons. The van der Waals surface area contributed by atoms with E-state index in [4.69, 9.17) is 4.74 Å². The molecule has 10 heavy (non-hydrogen) atoms. The lowest BCUT2D eigenvalue weighted by Crippen LogP contribution is -2.48. The molecule has 0 spiro atoms. The Morgan fingerprint density at radius 1 is 1.40 bits per heavy atom. The van der Waals surface area contributed by atoms with Crippen LogP contribution in [0.25, 0.3) is 0 Å². The molecule has 0 radical (unpaired) electrons. The third-order valence-corrected chi connectivity index (χ3v) is 2.17. The van der Waals surface area contributed by atoms with Crippen molar-refractivity contribution in [2.75, 3.05) is 0 Å². The summed E-state index contributed by atoms with van der Waals surface area (Å²) in [6, 6.07) is 0.233. The van der Waals surface area contributed by atoms with Gasteiger partial charge in [-0.15, -0.1) is 0 Å². The maximum absolute atomic E-state index is 10.7. The fraction of sp³-hybridized carbons (Fsp3) is 0.857. The third-order valence-electron chi connectivity index (χ3n) is 2.17. The van der Waals surface area contributed by atoms with E-state index < -0.39 is 0 Å². The van der Waals surface area contributed by atoms with Crippen LogP contribution in [0.3, 0.4) is 0 Å². The normalized spacial score (nSPS) is 40.3. The first kappa shape index (κ1) is 7.38. The number of hydrogen-bond donors (Lipinski definition) is 1. The predicted octanol–water partition coefficient (Wildman–Crippen LogP) is 1.14. The highest BCUT2D eigenvalue weighted by atomic mass is 16.6. The molecule has 0 aromatic carbocycles. The lowest BCUT2D eigenvalue weighted by molar-refractivity contribution is 0.0363. The van der Waals surface area contributed by atoms with Gasteiger partial charge in [-0.2, -0.15) is 0 Å². The summed E-state index contributed by atoms with van der Waals surface area (Å²) in [4.78, 5) is 10.7. The Balaban J connectivity index is 2.57.